The molecule has 2 aliphatic heterocycles. The van der Waals surface area contributed by atoms with Gasteiger partial charge < -0.3 is 54.5 Å². The van der Waals surface area contributed by atoms with Crippen molar-refractivity contribution in [3.05, 3.63) is 33.1 Å². The Labute approximate surface area is 242 Å². The van der Waals surface area contributed by atoms with Crippen LogP contribution in [0, 0.1) is 5.92 Å². The van der Waals surface area contributed by atoms with Crippen LogP contribution in [0.3, 0.4) is 0 Å². The van der Waals surface area contributed by atoms with Crippen molar-refractivity contribution in [2.75, 3.05) is 33.5 Å². The first-order chi connectivity index (χ1) is 20.0. The molecule has 23 heteroatoms. The van der Waals surface area contributed by atoms with Crippen LogP contribution in [0.4, 0.5) is 4.79 Å². The Morgan fingerprint density at radius 1 is 1.02 bits per heavy atom. The summed E-state index contributed by atoms with van der Waals surface area (Å²) in [5, 5.41) is 43.3. The molecule has 0 radical (unpaired) electrons. The molecule has 0 aliphatic carbocycles. The van der Waals surface area contributed by atoms with Crippen LogP contribution in [0.1, 0.15) is 13.2 Å². The van der Waals surface area contributed by atoms with E-state index in [1.165, 1.54) is 14.0 Å². The third-order valence-electron chi connectivity index (χ3n) is 6.28. The van der Waals surface area contributed by atoms with Crippen molar-refractivity contribution in [3.63, 3.8) is 0 Å². The molecule has 3 rings (SSSR count). The van der Waals surface area contributed by atoms with Gasteiger partial charge in [-0.3, -0.25) is 23.4 Å². The SMILES string of the molecule is COCCOC(=O)NCC1O[C@H](O[P@@](=O)(O)O[P@@](=O)(O)OC[C@H]2O[C@@H](n3ccc(=O)[nH]c3=O)C(O)[C@H]2O)C(C)[C@@H](O)[C@@H]1O. The molecule has 0 saturated carbocycles. The molecule has 1 aromatic rings. The van der Waals surface area contributed by atoms with Crippen LogP contribution < -0.4 is 16.6 Å². The standard InChI is InChI=1S/C20H33N3O18P2/c1-9-13(25)14(26)10(7-21-20(30)36-6-5-35-2)39-18(9)40-43(33,34)41-42(31,32)37-8-11-15(27)16(28)17(38-11)23-4-3-12(24)22-19(23)29/h3-4,9-11,13-18,25-28H,5-8H2,1-2H3,(H,21,30)(H,31,32)(H,33,34)(H,22,24,29)/t9?,10?,11-,13-,14-,15+,16?,17-,18-/m1/s1. The summed E-state index contributed by atoms with van der Waals surface area (Å²) in [5.41, 5.74) is -1.73. The quantitative estimate of drug-likeness (QED) is 0.0762. The third kappa shape index (κ3) is 9.46. The van der Waals surface area contributed by atoms with Crippen molar-refractivity contribution in [1.82, 2.24) is 14.9 Å². The maximum absolute atomic E-state index is 12.6. The number of nitrogens with one attached hydrogen (secondary N) is 2. The molecule has 0 bridgehead atoms. The number of phosphoric acid groups is 2. The van der Waals surface area contributed by atoms with Gasteiger partial charge in [-0.2, -0.15) is 4.31 Å². The molecule has 3 heterocycles. The van der Waals surface area contributed by atoms with Gasteiger partial charge in [0.25, 0.3) is 5.56 Å². The average molecular weight is 665 g/mol. The summed E-state index contributed by atoms with van der Waals surface area (Å²) in [6, 6.07) is 0.940. The normalized spacial score (nSPS) is 33.8. The number of phosphoric ester groups is 2. The summed E-state index contributed by atoms with van der Waals surface area (Å²) in [6.45, 7) is -0.170. The Hall–Kier alpha value is -2.07. The van der Waals surface area contributed by atoms with E-state index in [0.717, 1.165) is 16.8 Å². The Balaban J connectivity index is 1.57. The molecule has 1 amide bonds. The van der Waals surface area contributed by atoms with Gasteiger partial charge in [0, 0.05) is 31.8 Å². The lowest BCUT2D eigenvalue weighted by Crippen LogP contribution is -2.57. The van der Waals surface area contributed by atoms with Crippen molar-refractivity contribution in [1.29, 1.82) is 0 Å². The van der Waals surface area contributed by atoms with Gasteiger partial charge in [-0.15, -0.1) is 0 Å². The Morgan fingerprint density at radius 2 is 1.70 bits per heavy atom. The van der Waals surface area contributed by atoms with Crippen LogP contribution in [0.15, 0.2) is 21.9 Å². The fourth-order valence-corrected chi connectivity index (χ4v) is 6.23. The molecule has 2 fully saturated rings. The average Bonchev–Trinajstić information content (AvgIpc) is 3.19. The Bertz CT molecular complexity index is 1310. The highest BCUT2D eigenvalue weighted by molar-refractivity contribution is 7.61. The predicted octanol–water partition coefficient (Wildman–Crippen LogP) is -3.14. The summed E-state index contributed by atoms with van der Waals surface area (Å²) in [6.07, 6.45) is -13.0. The number of methoxy groups -OCH3 is 1. The highest BCUT2D eigenvalue weighted by Gasteiger charge is 2.49. The van der Waals surface area contributed by atoms with E-state index in [2.05, 4.69) is 14.2 Å². The van der Waals surface area contributed by atoms with Crippen molar-refractivity contribution in [3.8, 4) is 0 Å². The van der Waals surface area contributed by atoms with Gasteiger partial charge in [0.2, 0.25) is 0 Å². The number of aromatic amines is 1. The van der Waals surface area contributed by atoms with Crippen molar-refractivity contribution < 1.29 is 76.4 Å². The summed E-state index contributed by atoms with van der Waals surface area (Å²) in [7, 11) is -9.60. The van der Waals surface area contributed by atoms with Gasteiger partial charge in [0.05, 0.1) is 19.3 Å². The number of H-pyrrole nitrogens is 1. The van der Waals surface area contributed by atoms with Gasteiger partial charge in [-0.05, 0) is 0 Å². The zero-order chi connectivity index (χ0) is 32.1. The third-order valence-corrected chi connectivity index (χ3v) is 8.88. The van der Waals surface area contributed by atoms with E-state index in [1.54, 1.807) is 0 Å². The van der Waals surface area contributed by atoms with Crippen molar-refractivity contribution in [2.45, 2.75) is 56.1 Å². The maximum Gasteiger partial charge on any atom is 0.483 e. The lowest BCUT2D eigenvalue weighted by molar-refractivity contribution is -0.251. The lowest BCUT2D eigenvalue weighted by Gasteiger charge is -2.41. The topological polar surface area (TPSA) is 304 Å². The maximum atomic E-state index is 12.6. The fourth-order valence-electron chi connectivity index (χ4n) is 4.01. The molecular formula is C20H33N3O18P2. The van der Waals surface area contributed by atoms with E-state index >= 15 is 0 Å². The molecule has 3 unspecified atom stereocenters. The molecule has 21 nitrogen and oxygen atoms in total. The Kier molecular flexibility index (Phi) is 12.2. The minimum Gasteiger partial charge on any atom is -0.447 e. The molecule has 246 valence electrons. The number of aromatic nitrogens is 2. The first-order valence-corrected chi connectivity index (χ1v) is 15.5. The van der Waals surface area contributed by atoms with Gasteiger partial charge in [0.1, 0.15) is 37.1 Å². The summed E-state index contributed by atoms with van der Waals surface area (Å²) >= 11 is 0. The summed E-state index contributed by atoms with van der Waals surface area (Å²) in [5.74, 6) is -1.19. The number of amides is 1. The van der Waals surface area contributed by atoms with Gasteiger partial charge in [0.15, 0.2) is 12.5 Å². The second-order valence-electron chi connectivity index (χ2n) is 9.38. The Morgan fingerprint density at radius 3 is 2.35 bits per heavy atom. The monoisotopic (exact) mass is 665 g/mol. The first-order valence-electron chi connectivity index (χ1n) is 12.5. The summed E-state index contributed by atoms with van der Waals surface area (Å²) < 4.78 is 59.5. The van der Waals surface area contributed by atoms with E-state index in [1.807, 2.05) is 4.98 Å². The number of aliphatic hydroxyl groups excluding tert-OH is 4. The molecule has 43 heavy (non-hydrogen) atoms. The van der Waals surface area contributed by atoms with Crippen LogP contribution in [0.2, 0.25) is 0 Å². The minimum absolute atomic E-state index is 0.0851. The summed E-state index contributed by atoms with van der Waals surface area (Å²) in [4.78, 5) is 57.0. The number of rotatable bonds is 13. The lowest BCUT2D eigenvalue weighted by atomic mass is 9.92. The van der Waals surface area contributed by atoms with Crippen molar-refractivity contribution in [2.24, 2.45) is 5.92 Å². The van der Waals surface area contributed by atoms with Crippen molar-refractivity contribution >= 4 is 21.7 Å². The molecule has 11 atom stereocenters. The first kappa shape index (κ1) is 35.4. The van der Waals surface area contributed by atoms with Crippen LogP contribution >= 0.6 is 15.6 Å². The zero-order valence-corrected chi connectivity index (χ0v) is 24.4. The number of hydrogen-bond acceptors (Lipinski definition) is 16. The van der Waals surface area contributed by atoms with Gasteiger partial charge in [-0.1, -0.05) is 6.92 Å². The predicted molar refractivity (Wildman–Crippen MR) is 136 cm³/mol. The molecule has 1 aromatic heterocycles. The molecular weight excluding hydrogens is 632 g/mol. The number of carbonyl (C=O) groups excluding carboxylic acids is 1. The number of hydrogen-bond donors (Lipinski definition) is 8. The molecule has 0 spiro atoms. The van der Waals surface area contributed by atoms with E-state index < -0.39 is 101 Å². The van der Waals surface area contributed by atoms with Crippen LogP contribution in [0.25, 0.3) is 0 Å². The zero-order valence-electron chi connectivity index (χ0n) is 22.6. The number of nitrogens with zero attached hydrogens (tertiary/aromatic N) is 1. The molecule has 0 aromatic carbocycles. The van der Waals surface area contributed by atoms with E-state index in [4.69, 9.17) is 23.5 Å². The largest absolute Gasteiger partial charge is 0.483 e. The smallest absolute Gasteiger partial charge is 0.447 e. The van der Waals surface area contributed by atoms with E-state index in [0.29, 0.717) is 0 Å². The number of aliphatic hydroxyl groups is 4. The number of ether oxygens (including phenoxy) is 4. The second kappa shape index (κ2) is 14.8. The molecule has 8 N–H and O–H groups in total. The van der Waals surface area contributed by atoms with E-state index in [-0.39, 0.29) is 13.2 Å². The van der Waals surface area contributed by atoms with Gasteiger partial charge >= 0.3 is 27.4 Å². The minimum atomic E-state index is -5.52. The molecule has 2 aliphatic rings. The number of alkyl carbamates (subject to hydrolysis) is 1. The van der Waals surface area contributed by atoms with Crippen LogP contribution in [-0.4, -0.2) is 122 Å². The van der Waals surface area contributed by atoms with Crippen LogP contribution in [0.5, 0.6) is 0 Å². The number of carbonyl (C=O) groups is 1. The van der Waals surface area contributed by atoms with Gasteiger partial charge in [-0.25, -0.2) is 18.7 Å². The molecule has 2 saturated heterocycles. The van der Waals surface area contributed by atoms with E-state index in [9.17, 15) is 53.7 Å². The highest BCUT2D eigenvalue weighted by atomic mass is 31.3. The highest BCUT2D eigenvalue weighted by Crippen LogP contribution is 2.61. The fraction of sp³-hybridized carbons (Fsp3) is 0.750. The van der Waals surface area contributed by atoms with Crippen LogP contribution in [-0.2, 0) is 41.4 Å². The second-order valence-corrected chi connectivity index (χ2v) is 12.4.